The lowest BCUT2D eigenvalue weighted by Crippen LogP contribution is -2.28. The lowest BCUT2D eigenvalue weighted by atomic mass is 9.97. The minimum Gasteiger partial charge on any atom is -0.478 e. The van der Waals surface area contributed by atoms with Crippen molar-refractivity contribution in [1.82, 2.24) is 10.3 Å². The van der Waals surface area contributed by atoms with Crippen molar-refractivity contribution in [1.29, 1.82) is 5.26 Å². The number of rotatable bonds is 1. The van der Waals surface area contributed by atoms with Gasteiger partial charge in [0.05, 0.1) is 5.56 Å². The normalized spacial score (nSPS) is 13.9. The van der Waals surface area contributed by atoms with E-state index in [1.54, 1.807) is 6.07 Å². The summed E-state index contributed by atoms with van der Waals surface area (Å²) in [4.78, 5) is 15.2. The Morgan fingerprint density at radius 3 is 3.00 bits per heavy atom. The quantitative estimate of drug-likeness (QED) is 0.605. The Morgan fingerprint density at radius 2 is 2.38 bits per heavy atom. The molecule has 0 saturated carbocycles. The third kappa shape index (κ3) is 1.47. The first-order valence-corrected chi connectivity index (χ1v) is 4.80. The number of fused-ring (bicyclic) bond motifs is 1. The van der Waals surface area contributed by atoms with Gasteiger partial charge in [-0.15, -0.1) is 0 Å². The second-order valence-electron chi connectivity index (χ2n) is 3.52. The topological polar surface area (TPSA) is 112 Å². The van der Waals surface area contributed by atoms with E-state index in [1.807, 2.05) is 0 Å². The highest BCUT2D eigenvalue weighted by molar-refractivity contribution is 5.94. The number of aromatic nitrogens is 1. The molecule has 1 aliphatic heterocycles. The number of hydrogen-bond acceptors (Lipinski definition) is 5. The molecule has 0 unspecified atom stereocenters. The van der Waals surface area contributed by atoms with Crippen molar-refractivity contribution in [3.05, 3.63) is 22.4 Å². The number of hydrogen-bond donors (Lipinski definition) is 3. The van der Waals surface area contributed by atoms with E-state index in [9.17, 15) is 4.79 Å². The molecular formula is C10H10N4O2. The first-order valence-electron chi connectivity index (χ1n) is 4.80. The molecule has 0 aromatic carbocycles. The van der Waals surface area contributed by atoms with E-state index in [0.29, 0.717) is 24.2 Å². The summed E-state index contributed by atoms with van der Waals surface area (Å²) in [6, 6.07) is 1.80. The van der Waals surface area contributed by atoms with E-state index in [2.05, 4.69) is 10.3 Å². The second kappa shape index (κ2) is 3.79. The summed E-state index contributed by atoms with van der Waals surface area (Å²) in [6.07, 6.45) is 0.630. The highest BCUT2D eigenvalue weighted by Gasteiger charge is 2.24. The maximum Gasteiger partial charge on any atom is 0.337 e. The van der Waals surface area contributed by atoms with Crippen molar-refractivity contribution in [3.8, 4) is 6.07 Å². The number of nitrogens with one attached hydrogen (secondary N) is 1. The average molecular weight is 218 g/mol. The molecule has 0 spiro atoms. The van der Waals surface area contributed by atoms with Crippen LogP contribution in [0.2, 0.25) is 0 Å². The monoisotopic (exact) mass is 218 g/mol. The van der Waals surface area contributed by atoms with E-state index in [-0.39, 0.29) is 16.9 Å². The summed E-state index contributed by atoms with van der Waals surface area (Å²) in [6.45, 7) is 1.16. The fraction of sp³-hybridized carbons (Fsp3) is 0.300. The minimum atomic E-state index is -1.13. The molecule has 0 aliphatic carbocycles. The van der Waals surface area contributed by atoms with E-state index in [0.717, 1.165) is 6.54 Å². The molecule has 1 aliphatic rings. The number of nitrogens with two attached hydrogens (primary N) is 1. The van der Waals surface area contributed by atoms with Crippen molar-refractivity contribution < 1.29 is 9.90 Å². The van der Waals surface area contributed by atoms with Crippen LogP contribution >= 0.6 is 0 Å². The number of nitrogens with zero attached hydrogens (tertiary/aromatic N) is 2. The smallest absolute Gasteiger partial charge is 0.337 e. The third-order valence-electron chi connectivity index (χ3n) is 2.58. The first-order chi connectivity index (χ1) is 7.65. The number of pyridine rings is 1. The van der Waals surface area contributed by atoms with Crippen LogP contribution in [0.1, 0.15) is 27.2 Å². The first kappa shape index (κ1) is 10.4. The van der Waals surface area contributed by atoms with Gasteiger partial charge in [-0.3, -0.25) is 0 Å². The maximum absolute atomic E-state index is 11.1. The molecule has 6 heteroatoms. The average Bonchev–Trinajstić information content (AvgIpc) is 2.26. The van der Waals surface area contributed by atoms with Gasteiger partial charge in [0.2, 0.25) is 0 Å². The minimum absolute atomic E-state index is 0.000509. The molecule has 0 fully saturated rings. The van der Waals surface area contributed by atoms with Gasteiger partial charge < -0.3 is 16.2 Å². The standard InChI is InChI=1S/C10H10N4O2/c11-3-5-8(10(15)16)6-4-13-2-1-7(6)14-9(5)12/h13H,1-2,4H2,(H2,12,14)(H,15,16). The van der Waals surface area contributed by atoms with Gasteiger partial charge in [0.15, 0.2) is 0 Å². The zero-order valence-corrected chi connectivity index (χ0v) is 8.45. The molecule has 0 saturated heterocycles. The van der Waals surface area contributed by atoms with Crippen molar-refractivity contribution in [2.24, 2.45) is 0 Å². The highest BCUT2D eigenvalue weighted by atomic mass is 16.4. The zero-order valence-electron chi connectivity index (χ0n) is 8.45. The number of carboxylic acids is 1. The van der Waals surface area contributed by atoms with Crippen molar-refractivity contribution in [2.45, 2.75) is 13.0 Å². The van der Waals surface area contributed by atoms with Crippen LogP contribution in [0.15, 0.2) is 0 Å². The second-order valence-corrected chi connectivity index (χ2v) is 3.52. The van der Waals surface area contributed by atoms with Crippen LogP contribution < -0.4 is 11.1 Å². The number of nitriles is 1. The number of nitrogen functional groups attached to an aromatic ring is 1. The van der Waals surface area contributed by atoms with Crippen molar-refractivity contribution in [3.63, 3.8) is 0 Å². The Morgan fingerprint density at radius 1 is 1.62 bits per heavy atom. The van der Waals surface area contributed by atoms with Gasteiger partial charge in [0.25, 0.3) is 0 Å². The zero-order chi connectivity index (χ0) is 11.7. The van der Waals surface area contributed by atoms with E-state index in [1.165, 1.54) is 0 Å². The Hall–Kier alpha value is -2.13. The molecule has 16 heavy (non-hydrogen) atoms. The molecule has 1 aromatic rings. The molecule has 82 valence electrons. The lowest BCUT2D eigenvalue weighted by molar-refractivity contribution is 0.0694. The lowest BCUT2D eigenvalue weighted by Gasteiger charge is -2.19. The van der Waals surface area contributed by atoms with Crippen LogP contribution in [0.25, 0.3) is 0 Å². The van der Waals surface area contributed by atoms with Gasteiger partial charge in [-0.1, -0.05) is 0 Å². The molecule has 1 aromatic heterocycles. The summed E-state index contributed by atoms with van der Waals surface area (Å²) in [5, 5.41) is 21.1. The third-order valence-corrected chi connectivity index (χ3v) is 2.58. The van der Waals surface area contributed by atoms with Gasteiger partial charge in [-0.25, -0.2) is 9.78 Å². The predicted octanol–water partition coefficient (Wildman–Crippen LogP) is -0.121. The number of anilines is 1. The molecule has 2 heterocycles. The van der Waals surface area contributed by atoms with Gasteiger partial charge in [0.1, 0.15) is 17.5 Å². The largest absolute Gasteiger partial charge is 0.478 e. The molecule has 6 nitrogen and oxygen atoms in total. The predicted molar refractivity (Wildman–Crippen MR) is 55.7 cm³/mol. The molecule has 0 atom stereocenters. The maximum atomic E-state index is 11.1. The molecule has 0 radical (unpaired) electrons. The summed E-state index contributed by atoms with van der Waals surface area (Å²) >= 11 is 0. The fourth-order valence-electron chi connectivity index (χ4n) is 1.86. The SMILES string of the molecule is N#Cc1c(N)nc2c(c1C(=O)O)CNCC2. The summed E-state index contributed by atoms with van der Waals surface area (Å²) in [7, 11) is 0. The van der Waals surface area contributed by atoms with Crippen LogP contribution in [0.4, 0.5) is 5.82 Å². The molecule has 0 amide bonds. The van der Waals surface area contributed by atoms with Crippen molar-refractivity contribution >= 4 is 11.8 Å². The summed E-state index contributed by atoms with van der Waals surface area (Å²) < 4.78 is 0. The van der Waals surface area contributed by atoms with Crippen LogP contribution in [0, 0.1) is 11.3 Å². The molecule has 0 bridgehead atoms. The summed E-state index contributed by atoms with van der Waals surface area (Å²) in [5.74, 6) is -1.13. The molecule has 4 N–H and O–H groups in total. The van der Waals surface area contributed by atoms with E-state index >= 15 is 0 Å². The van der Waals surface area contributed by atoms with Gasteiger partial charge in [0, 0.05) is 30.8 Å². The Balaban J connectivity index is 2.75. The number of aromatic carboxylic acids is 1. The van der Waals surface area contributed by atoms with Gasteiger partial charge in [-0.05, 0) is 0 Å². The van der Waals surface area contributed by atoms with Gasteiger partial charge >= 0.3 is 5.97 Å². The summed E-state index contributed by atoms with van der Waals surface area (Å²) in [5.41, 5.74) is 6.76. The Labute approximate surface area is 91.7 Å². The van der Waals surface area contributed by atoms with Crippen LogP contribution in [-0.2, 0) is 13.0 Å². The molecular weight excluding hydrogens is 208 g/mol. The van der Waals surface area contributed by atoms with Crippen LogP contribution in [0.3, 0.4) is 0 Å². The van der Waals surface area contributed by atoms with Crippen LogP contribution in [-0.4, -0.2) is 22.6 Å². The van der Waals surface area contributed by atoms with E-state index < -0.39 is 5.97 Å². The van der Waals surface area contributed by atoms with Crippen molar-refractivity contribution in [2.75, 3.05) is 12.3 Å². The Kier molecular flexibility index (Phi) is 2.46. The number of carboxylic acid groups (broad SMARTS) is 1. The Bertz CT molecular complexity index is 505. The number of carbonyl (C=O) groups is 1. The highest BCUT2D eigenvalue weighted by Crippen LogP contribution is 2.24. The van der Waals surface area contributed by atoms with E-state index in [4.69, 9.17) is 16.1 Å². The fourth-order valence-corrected chi connectivity index (χ4v) is 1.86. The van der Waals surface area contributed by atoms with Gasteiger partial charge in [-0.2, -0.15) is 5.26 Å². The molecule has 2 rings (SSSR count). The van der Waals surface area contributed by atoms with Crippen LogP contribution in [0.5, 0.6) is 0 Å².